The molecule has 0 bridgehead atoms. The Balaban J connectivity index is 1.79. The molecule has 0 saturated carbocycles. The zero-order valence-corrected chi connectivity index (χ0v) is 14.6. The molecule has 24 heavy (non-hydrogen) atoms. The molecule has 1 heterocycles. The van der Waals surface area contributed by atoms with Crippen LogP contribution in [0.5, 0.6) is 0 Å². The normalized spacial score (nSPS) is 17.8. The number of hydrogen-bond donors (Lipinski definition) is 0. The van der Waals surface area contributed by atoms with E-state index in [9.17, 15) is 9.59 Å². The average Bonchev–Trinajstić information content (AvgIpc) is 2.86. The highest BCUT2D eigenvalue weighted by atomic mass is 35.5. The van der Waals surface area contributed by atoms with Crippen LogP contribution in [0.2, 0.25) is 10.0 Å². The van der Waals surface area contributed by atoms with Crippen LogP contribution in [0.1, 0.15) is 12.0 Å². The molecule has 1 aliphatic rings. The Bertz CT molecular complexity index is 780. The fourth-order valence-electron chi connectivity index (χ4n) is 2.84. The number of rotatable bonds is 4. The Kier molecular flexibility index (Phi) is 4.90. The highest BCUT2D eigenvalue weighted by Gasteiger charge is 2.41. The van der Waals surface area contributed by atoms with Crippen molar-refractivity contribution in [2.45, 2.75) is 19.0 Å². The van der Waals surface area contributed by atoms with Gasteiger partial charge in [-0.2, -0.15) is 0 Å². The Morgan fingerprint density at radius 3 is 2.46 bits per heavy atom. The van der Waals surface area contributed by atoms with Crippen molar-refractivity contribution in [2.24, 2.45) is 0 Å². The molecular weight excluding hydrogens is 347 g/mol. The van der Waals surface area contributed by atoms with Gasteiger partial charge in [0.1, 0.15) is 0 Å². The maximum absolute atomic E-state index is 12.7. The minimum atomic E-state index is -0.479. The van der Waals surface area contributed by atoms with E-state index in [0.717, 1.165) is 5.56 Å². The minimum absolute atomic E-state index is 0.155. The van der Waals surface area contributed by atoms with Gasteiger partial charge in [-0.1, -0.05) is 53.5 Å². The Hall–Kier alpha value is -1.88. The van der Waals surface area contributed by atoms with Crippen LogP contribution < -0.4 is 4.90 Å². The summed E-state index contributed by atoms with van der Waals surface area (Å²) in [5.74, 6) is -0.472. The lowest BCUT2D eigenvalue weighted by atomic mass is 10.1. The predicted octanol–water partition coefficient (Wildman–Crippen LogP) is 3.76. The molecule has 0 N–H and O–H groups in total. The van der Waals surface area contributed by atoms with E-state index in [1.807, 2.05) is 42.3 Å². The first-order valence-corrected chi connectivity index (χ1v) is 8.29. The summed E-state index contributed by atoms with van der Waals surface area (Å²) < 4.78 is 0. The lowest BCUT2D eigenvalue weighted by Crippen LogP contribution is -2.39. The van der Waals surface area contributed by atoms with E-state index in [0.29, 0.717) is 22.3 Å². The van der Waals surface area contributed by atoms with Crippen molar-refractivity contribution in [3.05, 3.63) is 64.1 Å². The van der Waals surface area contributed by atoms with Crippen LogP contribution in [0.4, 0.5) is 5.69 Å². The third-order valence-electron chi connectivity index (χ3n) is 4.09. The van der Waals surface area contributed by atoms with Crippen LogP contribution in [-0.4, -0.2) is 29.8 Å². The van der Waals surface area contributed by atoms with Gasteiger partial charge in [-0.25, -0.2) is 4.90 Å². The monoisotopic (exact) mass is 362 g/mol. The van der Waals surface area contributed by atoms with Crippen LogP contribution >= 0.6 is 23.2 Å². The number of likely N-dealkylation sites (N-methyl/N-ethyl adjacent to an activating group) is 1. The highest BCUT2D eigenvalue weighted by Crippen LogP contribution is 2.31. The van der Waals surface area contributed by atoms with E-state index in [1.165, 1.54) is 4.90 Å². The molecule has 1 unspecified atom stereocenters. The molecule has 0 aliphatic carbocycles. The van der Waals surface area contributed by atoms with Gasteiger partial charge in [0, 0.05) is 6.54 Å². The molecule has 2 aromatic rings. The van der Waals surface area contributed by atoms with Gasteiger partial charge in [0.15, 0.2) is 0 Å². The fourth-order valence-corrected chi connectivity index (χ4v) is 3.13. The Labute approximate surface area is 150 Å². The van der Waals surface area contributed by atoms with Crippen molar-refractivity contribution in [3.8, 4) is 0 Å². The van der Waals surface area contributed by atoms with Crippen LogP contribution in [0.3, 0.4) is 0 Å². The number of hydrogen-bond acceptors (Lipinski definition) is 3. The highest BCUT2D eigenvalue weighted by molar-refractivity contribution is 6.42. The molecule has 0 aromatic heterocycles. The summed E-state index contributed by atoms with van der Waals surface area (Å²) in [6.45, 7) is 0.597. The smallest absolute Gasteiger partial charge is 0.251 e. The van der Waals surface area contributed by atoms with Crippen LogP contribution in [0.15, 0.2) is 48.5 Å². The second kappa shape index (κ2) is 6.93. The molecule has 6 heteroatoms. The molecule has 1 fully saturated rings. The molecule has 1 saturated heterocycles. The number of benzene rings is 2. The van der Waals surface area contributed by atoms with Crippen LogP contribution in [0.25, 0.3) is 0 Å². The molecule has 4 nitrogen and oxygen atoms in total. The molecule has 1 atom stereocenters. The first-order valence-electron chi connectivity index (χ1n) is 7.53. The number of nitrogens with zero attached hydrogens (tertiary/aromatic N) is 2. The zero-order chi connectivity index (χ0) is 17.3. The number of anilines is 1. The summed E-state index contributed by atoms with van der Waals surface area (Å²) >= 11 is 11.9. The Morgan fingerprint density at radius 1 is 1.08 bits per heavy atom. The van der Waals surface area contributed by atoms with Crippen molar-refractivity contribution in [3.63, 3.8) is 0 Å². The molecular formula is C18H16Cl2N2O2. The van der Waals surface area contributed by atoms with Gasteiger partial charge >= 0.3 is 0 Å². The van der Waals surface area contributed by atoms with Gasteiger partial charge in [-0.15, -0.1) is 0 Å². The number of imide groups is 1. The number of carbonyl (C=O) groups excluding carboxylic acids is 2. The number of halogens is 2. The van der Waals surface area contributed by atoms with E-state index >= 15 is 0 Å². The second-order valence-electron chi connectivity index (χ2n) is 5.79. The van der Waals surface area contributed by atoms with Crippen molar-refractivity contribution in [1.29, 1.82) is 0 Å². The largest absolute Gasteiger partial charge is 0.290 e. The molecule has 2 amide bonds. The van der Waals surface area contributed by atoms with Gasteiger partial charge in [-0.3, -0.25) is 14.5 Å². The summed E-state index contributed by atoms with van der Waals surface area (Å²) in [7, 11) is 1.85. The zero-order valence-electron chi connectivity index (χ0n) is 13.1. The van der Waals surface area contributed by atoms with E-state index in [4.69, 9.17) is 23.2 Å². The molecule has 3 rings (SSSR count). The third kappa shape index (κ3) is 3.31. The summed E-state index contributed by atoms with van der Waals surface area (Å²) in [5.41, 5.74) is 1.54. The van der Waals surface area contributed by atoms with Crippen molar-refractivity contribution in [2.75, 3.05) is 11.9 Å². The predicted molar refractivity (Wildman–Crippen MR) is 95.3 cm³/mol. The van der Waals surface area contributed by atoms with Gasteiger partial charge in [0.2, 0.25) is 5.91 Å². The van der Waals surface area contributed by atoms with Gasteiger partial charge in [0.05, 0.1) is 28.2 Å². The maximum Gasteiger partial charge on any atom is 0.251 e. The van der Waals surface area contributed by atoms with Crippen molar-refractivity contribution < 1.29 is 9.59 Å². The SMILES string of the molecule is CN(Cc1ccccc1)C1CC(=O)N(c2ccc(Cl)c(Cl)c2)C1=O. The molecule has 0 spiro atoms. The lowest BCUT2D eigenvalue weighted by Gasteiger charge is -2.23. The average molecular weight is 363 g/mol. The van der Waals surface area contributed by atoms with Gasteiger partial charge < -0.3 is 0 Å². The first kappa shape index (κ1) is 17.0. The van der Waals surface area contributed by atoms with E-state index < -0.39 is 6.04 Å². The first-order chi connectivity index (χ1) is 11.5. The van der Waals surface area contributed by atoms with E-state index in [-0.39, 0.29) is 18.2 Å². The summed E-state index contributed by atoms with van der Waals surface area (Å²) in [6.07, 6.45) is 0.155. The van der Waals surface area contributed by atoms with E-state index in [1.54, 1.807) is 18.2 Å². The molecule has 0 radical (unpaired) electrons. The molecule has 124 valence electrons. The Morgan fingerprint density at radius 2 is 1.79 bits per heavy atom. The second-order valence-corrected chi connectivity index (χ2v) is 6.60. The summed E-state index contributed by atoms with van der Waals surface area (Å²) in [4.78, 5) is 28.2. The molecule has 1 aliphatic heterocycles. The quantitative estimate of drug-likeness (QED) is 0.777. The van der Waals surface area contributed by atoms with E-state index in [2.05, 4.69) is 0 Å². The van der Waals surface area contributed by atoms with Gasteiger partial charge in [-0.05, 0) is 30.8 Å². The topological polar surface area (TPSA) is 40.6 Å². The van der Waals surface area contributed by atoms with Crippen molar-refractivity contribution in [1.82, 2.24) is 4.90 Å². The fraction of sp³-hybridized carbons (Fsp3) is 0.222. The standard InChI is InChI=1S/C18H16Cl2N2O2/c1-21(11-12-5-3-2-4-6-12)16-10-17(23)22(18(16)24)13-7-8-14(19)15(20)9-13/h2-9,16H,10-11H2,1H3. The van der Waals surface area contributed by atoms with Crippen LogP contribution in [0, 0.1) is 0 Å². The van der Waals surface area contributed by atoms with Gasteiger partial charge in [0.25, 0.3) is 5.91 Å². The van der Waals surface area contributed by atoms with Crippen LogP contribution in [-0.2, 0) is 16.1 Å². The lowest BCUT2D eigenvalue weighted by molar-refractivity contribution is -0.122. The summed E-state index contributed by atoms with van der Waals surface area (Å²) in [6, 6.07) is 14.1. The minimum Gasteiger partial charge on any atom is -0.290 e. The molecule has 2 aromatic carbocycles. The number of amides is 2. The maximum atomic E-state index is 12.7. The number of carbonyl (C=O) groups is 2. The third-order valence-corrected chi connectivity index (χ3v) is 4.83. The van der Waals surface area contributed by atoms with Crippen molar-refractivity contribution >= 4 is 40.7 Å². The summed E-state index contributed by atoms with van der Waals surface area (Å²) in [5, 5.41) is 0.702.